The van der Waals surface area contributed by atoms with Crippen molar-refractivity contribution in [3.8, 4) is 0 Å². The molecule has 4 rings (SSSR count). The first kappa shape index (κ1) is 19.3. The summed E-state index contributed by atoms with van der Waals surface area (Å²) in [7, 11) is 0. The molecule has 0 spiro atoms. The summed E-state index contributed by atoms with van der Waals surface area (Å²) in [5.74, 6) is -2.00. The molecule has 0 bridgehead atoms. The Labute approximate surface area is 173 Å². The van der Waals surface area contributed by atoms with Crippen LogP contribution >= 0.6 is 11.6 Å². The number of aliphatic hydroxyl groups excluding tert-OH is 1. The second-order valence-electron chi connectivity index (χ2n) is 7.44. The molecule has 1 aliphatic heterocycles. The summed E-state index contributed by atoms with van der Waals surface area (Å²) < 4.78 is 6.78. The maximum atomic E-state index is 12.0. The Morgan fingerprint density at radius 1 is 1.14 bits per heavy atom. The van der Waals surface area contributed by atoms with Gasteiger partial charge in [0.25, 0.3) is 5.78 Å². The molecular formula is C23H20ClNO4. The summed E-state index contributed by atoms with van der Waals surface area (Å²) in [5.41, 5.74) is 6.06. The zero-order valence-corrected chi connectivity index (χ0v) is 17.1. The first-order chi connectivity index (χ1) is 13.8. The Balaban J connectivity index is 1.89. The van der Waals surface area contributed by atoms with E-state index in [1.54, 1.807) is 18.3 Å². The minimum atomic E-state index is -0.945. The molecule has 2 heterocycles. The number of ketones is 1. The fourth-order valence-corrected chi connectivity index (χ4v) is 4.12. The van der Waals surface area contributed by atoms with Gasteiger partial charge >= 0.3 is 5.97 Å². The van der Waals surface area contributed by atoms with Gasteiger partial charge in [-0.1, -0.05) is 29.3 Å². The van der Waals surface area contributed by atoms with E-state index in [9.17, 15) is 14.7 Å². The zero-order valence-electron chi connectivity index (χ0n) is 16.4. The molecule has 1 saturated heterocycles. The van der Waals surface area contributed by atoms with E-state index in [-0.39, 0.29) is 17.9 Å². The van der Waals surface area contributed by atoms with Crippen molar-refractivity contribution >= 4 is 40.0 Å². The molecule has 0 atom stereocenters. The number of aryl methyl sites for hydroxylation is 3. The number of carbonyl (C=O) groups excluding carboxylic acids is 2. The lowest BCUT2D eigenvalue weighted by Crippen LogP contribution is -2.08. The molecule has 1 aromatic heterocycles. The molecule has 1 N–H and O–H groups in total. The third-order valence-electron chi connectivity index (χ3n) is 5.36. The fourth-order valence-electron chi connectivity index (χ4n) is 3.95. The van der Waals surface area contributed by atoms with Crippen molar-refractivity contribution in [2.75, 3.05) is 6.61 Å². The standard InChI is InChI=1S/C23H20ClNO4/c1-12-6-13(2)17(14(3)7-12)9-25-10-18(16-8-15(24)4-5-20(16)25)21(26)19-11-29-23(28)22(19)27/h4-8,10,26H,9,11H2,1-3H3. The smallest absolute Gasteiger partial charge is 0.379 e. The van der Waals surface area contributed by atoms with Crippen LogP contribution in [0.1, 0.15) is 27.8 Å². The lowest BCUT2D eigenvalue weighted by Gasteiger charge is -2.13. The average molecular weight is 410 g/mol. The van der Waals surface area contributed by atoms with Crippen molar-refractivity contribution in [1.29, 1.82) is 0 Å². The molecule has 0 saturated carbocycles. The first-order valence-electron chi connectivity index (χ1n) is 9.25. The third-order valence-corrected chi connectivity index (χ3v) is 5.60. The first-order valence-corrected chi connectivity index (χ1v) is 9.63. The molecule has 0 radical (unpaired) electrons. The van der Waals surface area contributed by atoms with Crippen molar-refractivity contribution in [2.45, 2.75) is 27.3 Å². The summed E-state index contributed by atoms with van der Waals surface area (Å²) in [5, 5.41) is 12.0. The van der Waals surface area contributed by atoms with E-state index in [0.29, 0.717) is 22.5 Å². The highest BCUT2D eigenvalue weighted by Crippen LogP contribution is 2.32. The normalized spacial score (nSPS) is 15.9. The summed E-state index contributed by atoms with van der Waals surface area (Å²) in [4.78, 5) is 23.5. The Hall–Kier alpha value is -3.05. The number of rotatable bonds is 3. The van der Waals surface area contributed by atoms with Crippen molar-refractivity contribution < 1.29 is 19.4 Å². The van der Waals surface area contributed by atoms with Crippen molar-refractivity contribution in [3.63, 3.8) is 0 Å². The summed E-state index contributed by atoms with van der Waals surface area (Å²) in [6, 6.07) is 9.71. The molecule has 2 aromatic carbocycles. The van der Waals surface area contributed by atoms with Crippen LogP contribution in [0.5, 0.6) is 0 Å². The number of hydrogen-bond donors (Lipinski definition) is 1. The van der Waals surface area contributed by atoms with Gasteiger partial charge in [0.15, 0.2) is 0 Å². The molecule has 0 amide bonds. The van der Waals surface area contributed by atoms with Gasteiger partial charge in [-0.05, 0) is 55.7 Å². The van der Waals surface area contributed by atoms with Crippen LogP contribution in [0.2, 0.25) is 5.02 Å². The van der Waals surface area contributed by atoms with E-state index in [1.807, 2.05) is 10.6 Å². The molecule has 148 valence electrons. The highest BCUT2D eigenvalue weighted by molar-refractivity contribution is 6.43. The van der Waals surface area contributed by atoms with Gasteiger partial charge in [0.05, 0.1) is 5.57 Å². The molecule has 29 heavy (non-hydrogen) atoms. The second-order valence-corrected chi connectivity index (χ2v) is 7.88. The van der Waals surface area contributed by atoms with Crippen molar-refractivity contribution in [1.82, 2.24) is 4.57 Å². The predicted molar refractivity (Wildman–Crippen MR) is 112 cm³/mol. The number of Topliss-reactive ketones (excluding diaryl/α,β-unsaturated/α-hetero) is 1. The number of aromatic nitrogens is 1. The van der Waals surface area contributed by atoms with Gasteiger partial charge in [-0.2, -0.15) is 0 Å². The number of aliphatic hydroxyl groups is 1. The lowest BCUT2D eigenvalue weighted by atomic mass is 10.00. The number of carbonyl (C=O) groups is 2. The molecule has 1 aliphatic rings. The predicted octanol–water partition coefficient (Wildman–Crippen LogP) is 4.66. The Kier molecular flexibility index (Phi) is 4.71. The highest BCUT2D eigenvalue weighted by atomic mass is 35.5. The van der Waals surface area contributed by atoms with E-state index < -0.39 is 11.8 Å². The molecule has 3 aromatic rings. The number of nitrogens with zero attached hydrogens (tertiary/aromatic N) is 1. The number of hydrogen-bond acceptors (Lipinski definition) is 4. The quantitative estimate of drug-likeness (QED) is 0.295. The summed E-state index contributed by atoms with van der Waals surface area (Å²) in [6.45, 7) is 6.60. The highest BCUT2D eigenvalue weighted by Gasteiger charge is 2.33. The van der Waals surface area contributed by atoms with Gasteiger partial charge in [-0.3, -0.25) is 4.79 Å². The van der Waals surface area contributed by atoms with Crippen LogP contribution in [0.4, 0.5) is 0 Å². The lowest BCUT2D eigenvalue weighted by molar-refractivity contribution is -0.146. The van der Waals surface area contributed by atoms with Crippen LogP contribution in [0, 0.1) is 20.8 Å². The van der Waals surface area contributed by atoms with Crippen LogP contribution in [0.25, 0.3) is 16.7 Å². The molecule has 5 nitrogen and oxygen atoms in total. The molecular weight excluding hydrogens is 390 g/mol. The summed E-state index contributed by atoms with van der Waals surface area (Å²) >= 11 is 6.19. The average Bonchev–Trinajstić information content (AvgIpc) is 3.18. The largest absolute Gasteiger partial charge is 0.507 e. The van der Waals surface area contributed by atoms with Gasteiger partial charge in [-0.15, -0.1) is 0 Å². The molecule has 0 unspecified atom stereocenters. The number of fused-ring (bicyclic) bond motifs is 1. The molecule has 1 fully saturated rings. The number of cyclic esters (lactones) is 1. The fraction of sp³-hybridized carbons (Fsp3) is 0.217. The van der Waals surface area contributed by atoms with E-state index in [2.05, 4.69) is 32.9 Å². The van der Waals surface area contributed by atoms with Crippen molar-refractivity contribution in [3.05, 3.63) is 74.9 Å². The van der Waals surface area contributed by atoms with E-state index in [0.717, 1.165) is 5.52 Å². The summed E-state index contributed by atoms with van der Waals surface area (Å²) in [6.07, 6.45) is 1.79. The minimum Gasteiger partial charge on any atom is -0.507 e. The van der Waals surface area contributed by atoms with E-state index >= 15 is 0 Å². The van der Waals surface area contributed by atoms with Gasteiger partial charge in [-0.25, -0.2) is 4.79 Å². The minimum absolute atomic E-state index is 0.0308. The molecule has 6 heteroatoms. The Morgan fingerprint density at radius 2 is 1.83 bits per heavy atom. The van der Waals surface area contributed by atoms with Crippen LogP contribution in [-0.4, -0.2) is 28.0 Å². The van der Waals surface area contributed by atoms with Gasteiger partial charge < -0.3 is 14.4 Å². The van der Waals surface area contributed by atoms with Gasteiger partial charge in [0, 0.05) is 34.2 Å². The number of benzene rings is 2. The Morgan fingerprint density at radius 3 is 2.45 bits per heavy atom. The maximum absolute atomic E-state index is 12.0. The Bertz CT molecular complexity index is 1200. The zero-order chi connectivity index (χ0) is 20.9. The van der Waals surface area contributed by atoms with Crippen LogP contribution in [-0.2, 0) is 20.9 Å². The van der Waals surface area contributed by atoms with E-state index in [1.165, 1.54) is 22.3 Å². The topological polar surface area (TPSA) is 68.5 Å². The van der Waals surface area contributed by atoms with Crippen LogP contribution < -0.4 is 0 Å². The van der Waals surface area contributed by atoms with Gasteiger partial charge in [0.1, 0.15) is 12.4 Å². The van der Waals surface area contributed by atoms with E-state index in [4.69, 9.17) is 16.3 Å². The number of esters is 1. The SMILES string of the molecule is Cc1cc(C)c(Cn2cc(C(O)=C3COC(=O)C3=O)c3cc(Cl)ccc32)c(C)c1. The second kappa shape index (κ2) is 7.08. The number of ether oxygens (including phenoxy) is 1. The van der Waals surface area contributed by atoms with Crippen molar-refractivity contribution in [2.24, 2.45) is 0 Å². The van der Waals surface area contributed by atoms with Gasteiger partial charge in [0.2, 0.25) is 0 Å². The third kappa shape index (κ3) is 3.32. The number of halogens is 1. The maximum Gasteiger partial charge on any atom is 0.379 e. The van der Waals surface area contributed by atoms with Crippen LogP contribution in [0.15, 0.2) is 42.1 Å². The van der Waals surface area contributed by atoms with Crippen LogP contribution in [0.3, 0.4) is 0 Å². The monoisotopic (exact) mass is 409 g/mol. The molecule has 0 aliphatic carbocycles.